The molecule has 0 unspecified atom stereocenters. The summed E-state index contributed by atoms with van der Waals surface area (Å²) in [7, 11) is 0. The summed E-state index contributed by atoms with van der Waals surface area (Å²) in [5.74, 6) is -0.610. The van der Waals surface area contributed by atoms with Crippen LogP contribution in [0.25, 0.3) is 0 Å². The molecule has 0 aliphatic heterocycles. The molecule has 2 aromatic rings. The fraction of sp³-hybridized carbons (Fsp3) is 0.0714. The van der Waals surface area contributed by atoms with Crippen molar-refractivity contribution in [3.05, 3.63) is 62.3 Å². The molecule has 0 aromatic heterocycles. The Hall–Kier alpha value is -1.20. The van der Waals surface area contributed by atoms with E-state index in [4.69, 9.17) is 5.73 Å². The van der Waals surface area contributed by atoms with Crippen LogP contribution in [0.1, 0.15) is 15.9 Å². The minimum atomic E-state index is -0.398. The minimum absolute atomic E-state index is 0.0219. The highest BCUT2D eigenvalue weighted by molar-refractivity contribution is 9.10. The van der Waals surface area contributed by atoms with E-state index < -0.39 is 5.82 Å². The van der Waals surface area contributed by atoms with Gasteiger partial charge in [-0.2, -0.15) is 0 Å². The predicted octanol–water partition coefficient (Wildman–Crippen LogP) is 4.36. The maximum atomic E-state index is 13.6. The Morgan fingerprint density at radius 2 is 1.74 bits per heavy atom. The van der Waals surface area contributed by atoms with Gasteiger partial charge in [0.1, 0.15) is 5.82 Å². The molecule has 2 aromatic carbocycles. The summed E-state index contributed by atoms with van der Waals surface area (Å²) in [6.07, 6.45) is -0.0219. The maximum Gasteiger partial charge on any atom is 0.169 e. The monoisotopic (exact) mass is 385 g/mol. The van der Waals surface area contributed by atoms with Crippen molar-refractivity contribution in [2.24, 2.45) is 0 Å². The number of hydrogen-bond acceptors (Lipinski definition) is 2. The Kier molecular flexibility index (Phi) is 4.37. The summed E-state index contributed by atoms with van der Waals surface area (Å²) in [6, 6.07) is 9.57. The van der Waals surface area contributed by atoms with Crippen LogP contribution in [0.2, 0.25) is 0 Å². The maximum absolute atomic E-state index is 13.6. The molecule has 19 heavy (non-hydrogen) atoms. The van der Waals surface area contributed by atoms with E-state index in [2.05, 4.69) is 31.9 Å². The second kappa shape index (κ2) is 5.84. The highest BCUT2D eigenvalue weighted by Gasteiger charge is 2.14. The summed E-state index contributed by atoms with van der Waals surface area (Å²) in [6.45, 7) is 0. The van der Waals surface area contributed by atoms with Crippen LogP contribution in [0, 0.1) is 5.82 Å². The molecule has 0 saturated heterocycles. The molecule has 0 aliphatic rings. The Morgan fingerprint density at radius 3 is 2.47 bits per heavy atom. The lowest BCUT2D eigenvalue weighted by atomic mass is 10.0. The van der Waals surface area contributed by atoms with Crippen LogP contribution in [0.5, 0.6) is 0 Å². The van der Waals surface area contributed by atoms with Crippen molar-refractivity contribution in [1.29, 1.82) is 0 Å². The number of Topliss-reactive ketones (excluding diaryl/α,β-unsaturated/α-hetero) is 1. The average molecular weight is 387 g/mol. The zero-order valence-electron chi connectivity index (χ0n) is 9.79. The van der Waals surface area contributed by atoms with E-state index in [1.165, 1.54) is 6.07 Å². The Balaban J connectivity index is 2.30. The molecule has 0 saturated carbocycles. The summed E-state index contributed by atoms with van der Waals surface area (Å²) in [5, 5.41) is 0. The number of rotatable bonds is 3. The van der Waals surface area contributed by atoms with Crippen LogP contribution < -0.4 is 5.73 Å². The van der Waals surface area contributed by atoms with Gasteiger partial charge in [-0.05, 0) is 42.0 Å². The second-order valence-corrected chi connectivity index (χ2v) is 5.90. The third kappa shape index (κ3) is 3.42. The van der Waals surface area contributed by atoms with Crippen molar-refractivity contribution in [1.82, 2.24) is 0 Å². The van der Waals surface area contributed by atoms with Crippen LogP contribution in [-0.4, -0.2) is 5.78 Å². The number of halogens is 3. The third-order valence-electron chi connectivity index (χ3n) is 2.67. The van der Waals surface area contributed by atoms with Crippen molar-refractivity contribution < 1.29 is 9.18 Å². The summed E-state index contributed by atoms with van der Waals surface area (Å²) >= 11 is 6.55. The molecule has 0 amide bonds. The lowest BCUT2D eigenvalue weighted by molar-refractivity contribution is 0.0992. The lowest BCUT2D eigenvalue weighted by Gasteiger charge is -2.07. The molecule has 5 heteroatoms. The topological polar surface area (TPSA) is 43.1 Å². The predicted molar refractivity (Wildman–Crippen MR) is 80.7 cm³/mol. The number of nitrogens with two attached hydrogens (primary N) is 1. The first kappa shape index (κ1) is 14.2. The van der Waals surface area contributed by atoms with Gasteiger partial charge in [0.25, 0.3) is 0 Å². The average Bonchev–Trinajstić information content (AvgIpc) is 2.36. The first-order valence-corrected chi connectivity index (χ1v) is 7.08. The highest BCUT2D eigenvalue weighted by atomic mass is 79.9. The summed E-state index contributed by atoms with van der Waals surface area (Å²) in [4.78, 5) is 12.2. The molecule has 0 fully saturated rings. The molecule has 2 N–H and O–H groups in total. The van der Waals surface area contributed by atoms with Gasteiger partial charge < -0.3 is 5.73 Å². The number of carbonyl (C=O) groups excluding carboxylic acids is 1. The quantitative estimate of drug-likeness (QED) is 0.629. The Labute approximate surface area is 127 Å². The van der Waals surface area contributed by atoms with Gasteiger partial charge in [0, 0.05) is 26.6 Å². The zero-order chi connectivity index (χ0) is 14.0. The van der Waals surface area contributed by atoms with Crippen molar-refractivity contribution in [2.75, 3.05) is 5.73 Å². The first-order valence-electron chi connectivity index (χ1n) is 5.49. The normalized spacial score (nSPS) is 10.5. The molecule has 98 valence electrons. The zero-order valence-corrected chi connectivity index (χ0v) is 13.0. The molecule has 0 radical (unpaired) electrons. The molecule has 0 heterocycles. The molecular formula is C14H10Br2FNO. The van der Waals surface area contributed by atoms with Crippen LogP contribution in [0.3, 0.4) is 0 Å². The minimum Gasteiger partial charge on any atom is -0.398 e. The van der Waals surface area contributed by atoms with Crippen molar-refractivity contribution in [2.45, 2.75) is 6.42 Å². The molecule has 0 bridgehead atoms. The Morgan fingerprint density at radius 1 is 1.11 bits per heavy atom. The number of hydrogen-bond donors (Lipinski definition) is 1. The molecule has 0 aliphatic carbocycles. The molecular weight excluding hydrogens is 377 g/mol. The van der Waals surface area contributed by atoms with E-state index in [0.717, 1.165) is 8.95 Å². The van der Waals surface area contributed by atoms with Crippen LogP contribution in [0.15, 0.2) is 45.3 Å². The van der Waals surface area contributed by atoms with E-state index >= 15 is 0 Å². The number of ketones is 1. The standard InChI is InChI=1S/C14H10Br2FNO/c15-9-1-3-12(17)8(5-9)6-14(19)11-7-10(16)2-4-13(11)18/h1-5,7H,6,18H2. The summed E-state index contributed by atoms with van der Waals surface area (Å²) in [5.41, 5.74) is 6.90. The fourth-order valence-corrected chi connectivity index (χ4v) is 2.49. The SMILES string of the molecule is Nc1ccc(Br)cc1C(=O)Cc1cc(Br)ccc1F. The number of carbonyl (C=O) groups is 1. The molecule has 0 atom stereocenters. The van der Waals surface area contributed by atoms with Gasteiger partial charge in [-0.3, -0.25) is 4.79 Å². The van der Waals surface area contributed by atoms with Gasteiger partial charge in [-0.15, -0.1) is 0 Å². The molecule has 2 nitrogen and oxygen atoms in total. The van der Waals surface area contributed by atoms with Gasteiger partial charge in [-0.1, -0.05) is 31.9 Å². The largest absolute Gasteiger partial charge is 0.398 e. The fourth-order valence-electron chi connectivity index (χ4n) is 1.72. The Bertz CT molecular complexity index is 643. The van der Waals surface area contributed by atoms with Crippen LogP contribution >= 0.6 is 31.9 Å². The summed E-state index contributed by atoms with van der Waals surface area (Å²) < 4.78 is 15.1. The van der Waals surface area contributed by atoms with Gasteiger partial charge in [0.15, 0.2) is 5.78 Å². The van der Waals surface area contributed by atoms with E-state index in [0.29, 0.717) is 16.8 Å². The van der Waals surface area contributed by atoms with Crippen molar-refractivity contribution >= 4 is 43.3 Å². The smallest absolute Gasteiger partial charge is 0.169 e. The van der Waals surface area contributed by atoms with Crippen LogP contribution in [-0.2, 0) is 6.42 Å². The van der Waals surface area contributed by atoms with Gasteiger partial charge in [0.05, 0.1) is 0 Å². The second-order valence-electron chi connectivity index (χ2n) is 4.07. The first-order chi connectivity index (χ1) is 8.97. The number of benzene rings is 2. The highest BCUT2D eigenvalue weighted by Crippen LogP contribution is 2.22. The number of nitrogen functional groups attached to an aromatic ring is 1. The van der Waals surface area contributed by atoms with Crippen molar-refractivity contribution in [3.8, 4) is 0 Å². The molecule has 0 spiro atoms. The van der Waals surface area contributed by atoms with Gasteiger partial charge in [0.2, 0.25) is 0 Å². The van der Waals surface area contributed by atoms with Crippen molar-refractivity contribution in [3.63, 3.8) is 0 Å². The van der Waals surface area contributed by atoms with Gasteiger partial charge in [-0.25, -0.2) is 4.39 Å². The van der Waals surface area contributed by atoms with Gasteiger partial charge >= 0.3 is 0 Å². The lowest BCUT2D eigenvalue weighted by Crippen LogP contribution is -2.08. The third-order valence-corrected chi connectivity index (χ3v) is 3.66. The number of anilines is 1. The van der Waals surface area contributed by atoms with E-state index in [1.807, 2.05) is 0 Å². The van der Waals surface area contributed by atoms with Crippen LogP contribution in [0.4, 0.5) is 10.1 Å². The van der Waals surface area contributed by atoms with E-state index in [-0.39, 0.29) is 12.2 Å². The van der Waals surface area contributed by atoms with E-state index in [9.17, 15) is 9.18 Å². The van der Waals surface area contributed by atoms with E-state index in [1.54, 1.807) is 30.3 Å². The molecule has 2 rings (SSSR count).